The molecule has 0 aliphatic heterocycles. The first-order valence-electron chi connectivity index (χ1n) is 4.02. The van der Waals surface area contributed by atoms with Crippen molar-refractivity contribution in [1.82, 2.24) is 0 Å². The van der Waals surface area contributed by atoms with Gasteiger partial charge in [0.25, 0.3) is 0 Å². The third-order valence-electron chi connectivity index (χ3n) is 1.54. The van der Waals surface area contributed by atoms with Crippen molar-refractivity contribution >= 4 is 63.0 Å². The molecule has 0 bridgehead atoms. The monoisotopic (exact) mass is 354 g/mol. The number of carbonyl (C=O) groups is 1. The van der Waals surface area contributed by atoms with Gasteiger partial charge in [-0.25, -0.2) is 0 Å². The van der Waals surface area contributed by atoms with Crippen molar-refractivity contribution in [3.05, 3.63) is 26.8 Å². The number of hydrogen-bond donors (Lipinski definition) is 2. The molecule has 0 atom stereocenters. The van der Waals surface area contributed by atoms with Crippen molar-refractivity contribution in [3.63, 3.8) is 0 Å². The number of rotatable bonds is 3. The Bertz CT molecular complexity index is 411. The van der Waals surface area contributed by atoms with Crippen LogP contribution in [0.2, 0.25) is 5.02 Å². The van der Waals surface area contributed by atoms with E-state index >= 15 is 0 Å². The van der Waals surface area contributed by atoms with E-state index in [0.29, 0.717) is 10.7 Å². The summed E-state index contributed by atoms with van der Waals surface area (Å²) >= 11 is 12.5. The van der Waals surface area contributed by atoms with Crippen molar-refractivity contribution in [3.8, 4) is 0 Å². The number of anilines is 1. The summed E-state index contributed by atoms with van der Waals surface area (Å²) in [7, 11) is 0. The smallest absolute Gasteiger partial charge is 0.231 e. The second-order valence-electron chi connectivity index (χ2n) is 2.82. The van der Waals surface area contributed by atoms with Gasteiger partial charge in [0.15, 0.2) is 0 Å². The molecule has 0 fully saturated rings. The average molecular weight is 355 g/mol. The maximum Gasteiger partial charge on any atom is 0.231 e. The van der Waals surface area contributed by atoms with Crippen molar-refractivity contribution in [2.75, 3.05) is 5.32 Å². The summed E-state index contributed by atoms with van der Waals surface area (Å²) in [6, 6.07) is 5.21. The maximum atomic E-state index is 11.3. The molecule has 0 aromatic heterocycles. The average Bonchev–Trinajstić information content (AvgIpc) is 2.08. The van der Waals surface area contributed by atoms with Gasteiger partial charge in [0.1, 0.15) is 0 Å². The largest absolute Gasteiger partial charge is 0.393 e. The molecule has 6 heteroatoms. The van der Waals surface area contributed by atoms with Crippen LogP contribution in [-0.2, 0) is 4.79 Å². The molecule has 3 N–H and O–H groups in total. The molecule has 3 nitrogen and oxygen atoms in total. The highest BCUT2D eigenvalue weighted by Crippen LogP contribution is 2.22. The molecule has 0 spiro atoms. The number of thiocarbonyl (C=S) groups is 1. The van der Waals surface area contributed by atoms with Crippen molar-refractivity contribution in [1.29, 1.82) is 0 Å². The maximum absolute atomic E-state index is 11.3. The first-order valence-corrected chi connectivity index (χ1v) is 5.88. The van der Waals surface area contributed by atoms with Crippen LogP contribution >= 0.6 is 46.4 Å². The minimum absolute atomic E-state index is 0.0496. The SMILES string of the molecule is NC(=S)CC(=O)Nc1ccc(Cl)cc1I. The van der Waals surface area contributed by atoms with Crippen LogP contribution in [0.3, 0.4) is 0 Å². The lowest BCUT2D eigenvalue weighted by atomic mass is 10.3. The molecule has 0 heterocycles. The number of carbonyl (C=O) groups excluding carboxylic acids is 1. The summed E-state index contributed by atoms with van der Waals surface area (Å²) < 4.78 is 0.872. The number of halogens is 2. The van der Waals surface area contributed by atoms with Crippen LogP contribution in [0, 0.1) is 3.57 Å². The predicted octanol–water partition coefficient (Wildman–Crippen LogP) is 2.56. The summed E-state index contributed by atoms with van der Waals surface area (Å²) in [6.07, 6.45) is 0.0496. The van der Waals surface area contributed by atoms with Crippen LogP contribution < -0.4 is 11.1 Å². The fraction of sp³-hybridized carbons (Fsp3) is 0.111. The summed E-state index contributed by atoms with van der Waals surface area (Å²) in [5.41, 5.74) is 5.97. The Morgan fingerprint density at radius 1 is 1.60 bits per heavy atom. The Morgan fingerprint density at radius 3 is 2.80 bits per heavy atom. The Hall–Kier alpha value is -0.400. The summed E-state index contributed by atoms with van der Waals surface area (Å²) in [5.74, 6) is -0.220. The second-order valence-corrected chi connectivity index (χ2v) is 4.94. The van der Waals surface area contributed by atoms with Gasteiger partial charge in [-0.2, -0.15) is 0 Å². The molecule has 1 amide bonds. The van der Waals surface area contributed by atoms with Crippen molar-refractivity contribution in [2.24, 2.45) is 5.73 Å². The van der Waals surface area contributed by atoms with E-state index < -0.39 is 0 Å². The standard InChI is InChI=1S/C9H8ClIN2OS/c10-5-1-2-7(6(11)3-5)13-9(14)4-8(12)15/h1-3H,4H2,(H2,12,15)(H,13,14). The molecular formula is C9H8ClIN2OS. The van der Waals surface area contributed by atoms with Crippen LogP contribution in [0.15, 0.2) is 18.2 Å². The van der Waals surface area contributed by atoms with E-state index in [2.05, 4.69) is 40.1 Å². The molecule has 1 aromatic rings. The fourth-order valence-electron chi connectivity index (χ4n) is 0.943. The van der Waals surface area contributed by atoms with E-state index in [0.717, 1.165) is 3.57 Å². The molecule has 0 radical (unpaired) electrons. The van der Waals surface area contributed by atoms with Crippen molar-refractivity contribution in [2.45, 2.75) is 6.42 Å². The minimum Gasteiger partial charge on any atom is -0.393 e. The zero-order chi connectivity index (χ0) is 11.4. The summed E-state index contributed by atoms with van der Waals surface area (Å²) in [6.45, 7) is 0. The number of hydrogen-bond acceptors (Lipinski definition) is 2. The first kappa shape index (κ1) is 12.7. The summed E-state index contributed by atoms with van der Waals surface area (Å²) in [5, 5.41) is 3.33. The highest BCUT2D eigenvalue weighted by atomic mass is 127. The lowest BCUT2D eigenvalue weighted by molar-refractivity contribution is -0.115. The molecular weight excluding hydrogens is 347 g/mol. The molecule has 0 aliphatic carbocycles. The van der Waals surface area contributed by atoms with Gasteiger partial charge in [0, 0.05) is 8.59 Å². The van der Waals surface area contributed by atoms with Crippen LogP contribution in [0.4, 0.5) is 5.69 Å². The number of amides is 1. The zero-order valence-electron chi connectivity index (χ0n) is 7.59. The van der Waals surface area contributed by atoms with E-state index in [1.54, 1.807) is 18.2 Å². The van der Waals surface area contributed by atoms with Gasteiger partial charge in [-0.1, -0.05) is 23.8 Å². The fourth-order valence-corrected chi connectivity index (χ4v) is 2.08. The van der Waals surface area contributed by atoms with Crippen LogP contribution in [0.25, 0.3) is 0 Å². The molecule has 0 saturated heterocycles. The second kappa shape index (κ2) is 5.62. The first-order chi connectivity index (χ1) is 6.99. The van der Waals surface area contributed by atoms with E-state index in [4.69, 9.17) is 17.3 Å². The molecule has 1 rings (SSSR count). The quantitative estimate of drug-likeness (QED) is 0.648. The number of nitrogens with two attached hydrogens (primary N) is 1. The van der Waals surface area contributed by atoms with Gasteiger partial charge in [-0.15, -0.1) is 0 Å². The molecule has 0 saturated carbocycles. The molecule has 80 valence electrons. The lowest BCUT2D eigenvalue weighted by Gasteiger charge is -2.06. The predicted molar refractivity (Wildman–Crippen MR) is 74.2 cm³/mol. The van der Waals surface area contributed by atoms with Gasteiger partial charge < -0.3 is 11.1 Å². The van der Waals surface area contributed by atoms with Gasteiger partial charge in [-0.3, -0.25) is 4.79 Å². The van der Waals surface area contributed by atoms with E-state index in [1.165, 1.54) is 0 Å². The molecule has 15 heavy (non-hydrogen) atoms. The lowest BCUT2D eigenvalue weighted by Crippen LogP contribution is -2.20. The third kappa shape index (κ3) is 4.31. The van der Waals surface area contributed by atoms with E-state index in [9.17, 15) is 4.79 Å². The Kier molecular flexibility index (Phi) is 4.75. The topological polar surface area (TPSA) is 55.1 Å². The Labute approximate surface area is 112 Å². The van der Waals surface area contributed by atoms with E-state index in [-0.39, 0.29) is 17.3 Å². The van der Waals surface area contributed by atoms with Gasteiger partial charge in [0.05, 0.1) is 17.1 Å². The van der Waals surface area contributed by atoms with Gasteiger partial charge in [0.2, 0.25) is 5.91 Å². The van der Waals surface area contributed by atoms with Gasteiger partial charge in [-0.05, 0) is 40.8 Å². The zero-order valence-corrected chi connectivity index (χ0v) is 11.3. The molecule has 0 unspecified atom stereocenters. The van der Waals surface area contributed by atoms with Crippen molar-refractivity contribution < 1.29 is 4.79 Å². The highest BCUT2D eigenvalue weighted by Gasteiger charge is 2.06. The molecule has 1 aromatic carbocycles. The summed E-state index contributed by atoms with van der Waals surface area (Å²) in [4.78, 5) is 11.5. The van der Waals surface area contributed by atoms with Crippen LogP contribution in [-0.4, -0.2) is 10.9 Å². The molecule has 0 aliphatic rings. The minimum atomic E-state index is -0.220. The Balaban J connectivity index is 2.72. The number of benzene rings is 1. The number of nitrogens with one attached hydrogen (secondary N) is 1. The Morgan fingerprint density at radius 2 is 2.27 bits per heavy atom. The third-order valence-corrected chi connectivity index (χ3v) is 2.81. The highest BCUT2D eigenvalue weighted by molar-refractivity contribution is 14.1. The normalized spacial score (nSPS) is 9.73. The van der Waals surface area contributed by atoms with Crippen LogP contribution in [0.1, 0.15) is 6.42 Å². The van der Waals surface area contributed by atoms with Gasteiger partial charge >= 0.3 is 0 Å². The van der Waals surface area contributed by atoms with Crippen LogP contribution in [0.5, 0.6) is 0 Å². The van der Waals surface area contributed by atoms with E-state index in [1.807, 2.05) is 0 Å².